The van der Waals surface area contributed by atoms with Gasteiger partial charge in [0, 0.05) is 41.1 Å². The van der Waals surface area contributed by atoms with Gasteiger partial charge in [-0.15, -0.1) is 12.4 Å². The van der Waals surface area contributed by atoms with Gasteiger partial charge >= 0.3 is 5.97 Å². The molecule has 0 aromatic heterocycles. The van der Waals surface area contributed by atoms with E-state index < -0.39 is 70.8 Å². The number of phenolic OH excluding ortho intramolecular Hbond substituents is 2. The van der Waals surface area contributed by atoms with E-state index in [2.05, 4.69) is 0 Å². The van der Waals surface area contributed by atoms with Crippen molar-refractivity contribution in [3.05, 3.63) is 57.2 Å². The number of ether oxygens (including phenoxy) is 3. The Kier molecular flexibility index (Phi) is 7.26. The summed E-state index contributed by atoms with van der Waals surface area (Å²) in [7, 11) is 1.34. The first kappa shape index (κ1) is 27.6. The Morgan fingerprint density at radius 3 is 2.42 bits per heavy atom. The zero-order valence-corrected chi connectivity index (χ0v) is 21.2. The highest BCUT2D eigenvalue weighted by molar-refractivity contribution is 6.31. The van der Waals surface area contributed by atoms with Crippen LogP contribution in [0.15, 0.2) is 23.8 Å². The number of phenols is 2. The first-order valence-electron chi connectivity index (χ1n) is 11.6. The van der Waals surface area contributed by atoms with Crippen molar-refractivity contribution in [3.8, 4) is 17.2 Å². The molecule has 12 heteroatoms. The van der Waals surface area contributed by atoms with E-state index in [0.717, 1.165) is 6.08 Å². The number of rotatable bonds is 4. The van der Waals surface area contributed by atoms with Gasteiger partial charge in [-0.25, -0.2) is 4.79 Å². The standard InChI is InChI=1S/C26H25NO10.ClH/c1-9-21(28)13(27)8-16(36-9)37-15-7-10(26(33)34)6-12-18(15)25(32)20-19(23(12)30)22(29)11-4-3-5-14(35-2)17(11)24(20)31;/h3-6,9,13,15-16,21,28,30,32H,7-8,27H2,1-2H3,(H,33,34);1H/t9?,13?,15-,16-,21-;/m0./s1. The Morgan fingerprint density at radius 1 is 1.11 bits per heavy atom. The van der Waals surface area contributed by atoms with Crippen molar-refractivity contribution in [2.75, 3.05) is 7.11 Å². The normalized spacial score (nSPS) is 25.9. The van der Waals surface area contributed by atoms with E-state index in [4.69, 9.17) is 19.9 Å². The minimum atomic E-state index is -1.29. The molecule has 2 aromatic rings. The van der Waals surface area contributed by atoms with E-state index in [0.29, 0.717) is 0 Å². The Balaban J connectivity index is 0.00000336. The Hall–Kier alpha value is -3.48. The molecule has 0 bridgehead atoms. The predicted octanol–water partition coefficient (Wildman–Crippen LogP) is 2.06. The third-order valence-corrected chi connectivity index (χ3v) is 7.08. The van der Waals surface area contributed by atoms with E-state index in [1.807, 2.05) is 0 Å². The van der Waals surface area contributed by atoms with Crippen LogP contribution in [0.3, 0.4) is 0 Å². The Labute approximate surface area is 222 Å². The van der Waals surface area contributed by atoms with Gasteiger partial charge in [0.15, 0.2) is 12.1 Å². The zero-order valence-electron chi connectivity index (χ0n) is 20.3. The van der Waals surface area contributed by atoms with Crippen LogP contribution in [0.2, 0.25) is 0 Å². The molecule has 0 saturated carbocycles. The van der Waals surface area contributed by atoms with Gasteiger partial charge in [-0.05, 0) is 19.1 Å². The fourth-order valence-electron chi connectivity index (χ4n) is 5.22. The second-order valence-electron chi connectivity index (χ2n) is 9.28. The van der Waals surface area contributed by atoms with Gasteiger partial charge in [-0.2, -0.15) is 0 Å². The van der Waals surface area contributed by atoms with Crippen molar-refractivity contribution in [1.82, 2.24) is 0 Å². The van der Waals surface area contributed by atoms with Crippen LogP contribution in [0, 0.1) is 0 Å². The number of nitrogens with two attached hydrogens (primary N) is 1. The smallest absolute Gasteiger partial charge is 0.331 e. The highest BCUT2D eigenvalue weighted by Gasteiger charge is 2.43. The first-order valence-corrected chi connectivity index (χ1v) is 11.6. The summed E-state index contributed by atoms with van der Waals surface area (Å²) < 4.78 is 17.0. The summed E-state index contributed by atoms with van der Waals surface area (Å²) in [5.74, 6) is -3.90. The van der Waals surface area contributed by atoms with Crippen molar-refractivity contribution in [1.29, 1.82) is 0 Å². The molecule has 1 aliphatic heterocycles. The van der Waals surface area contributed by atoms with Crippen LogP contribution in [0.5, 0.6) is 17.2 Å². The Bertz CT molecular complexity index is 1370. The molecule has 6 N–H and O–H groups in total. The number of aromatic hydroxyl groups is 2. The van der Waals surface area contributed by atoms with Crippen LogP contribution in [-0.4, -0.2) is 69.6 Å². The maximum Gasteiger partial charge on any atom is 0.331 e. The average molecular weight is 548 g/mol. The van der Waals surface area contributed by atoms with Gasteiger partial charge in [0.1, 0.15) is 17.2 Å². The summed E-state index contributed by atoms with van der Waals surface area (Å²) in [4.78, 5) is 38.9. The van der Waals surface area contributed by atoms with Crippen molar-refractivity contribution >= 4 is 36.0 Å². The molecule has 0 amide bonds. The van der Waals surface area contributed by atoms with Crippen LogP contribution in [0.4, 0.5) is 0 Å². The predicted molar refractivity (Wildman–Crippen MR) is 134 cm³/mol. The highest BCUT2D eigenvalue weighted by atomic mass is 35.5. The molecule has 202 valence electrons. The number of carbonyl (C=O) groups is 3. The van der Waals surface area contributed by atoms with Gasteiger partial charge in [0.05, 0.1) is 42.1 Å². The molecule has 11 nitrogen and oxygen atoms in total. The number of fused-ring (bicyclic) bond motifs is 3. The molecule has 1 saturated heterocycles. The van der Waals surface area contributed by atoms with Gasteiger partial charge in [-0.1, -0.05) is 12.1 Å². The molecule has 5 atom stereocenters. The van der Waals surface area contributed by atoms with E-state index in [-0.39, 0.29) is 58.8 Å². The number of benzene rings is 2. The number of carboxylic acid groups (broad SMARTS) is 1. The molecular weight excluding hydrogens is 522 g/mol. The number of halogens is 1. The molecule has 0 radical (unpaired) electrons. The van der Waals surface area contributed by atoms with Crippen molar-refractivity contribution in [2.45, 2.75) is 50.4 Å². The van der Waals surface area contributed by atoms with Crippen molar-refractivity contribution in [2.24, 2.45) is 5.73 Å². The third kappa shape index (κ3) is 4.12. The molecule has 2 unspecified atom stereocenters. The summed E-state index contributed by atoms with van der Waals surface area (Å²) in [5, 5.41) is 42.3. The van der Waals surface area contributed by atoms with Crippen LogP contribution < -0.4 is 10.5 Å². The number of methoxy groups -OCH3 is 1. The summed E-state index contributed by atoms with van der Waals surface area (Å²) in [6.45, 7) is 1.60. The molecule has 0 spiro atoms. The van der Waals surface area contributed by atoms with Crippen molar-refractivity contribution in [3.63, 3.8) is 0 Å². The minimum absolute atomic E-state index is 0. The molecule has 38 heavy (non-hydrogen) atoms. The number of carbonyl (C=O) groups excluding carboxylic acids is 2. The molecule has 2 aliphatic carbocycles. The maximum atomic E-state index is 13.6. The minimum Gasteiger partial charge on any atom is -0.507 e. The number of carboxylic acids is 1. The average Bonchev–Trinajstić information content (AvgIpc) is 2.86. The van der Waals surface area contributed by atoms with Crippen LogP contribution in [-0.2, 0) is 14.3 Å². The second-order valence-corrected chi connectivity index (χ2v) is 9.28. The monoisotopic (exact) mass is 547 g/mol. The van der Waals surface area contributed by atoms with Crippen LogP contribution >= 0.6 is 12.4 Å². The van der Waals surface area contributed by atoms with Gasteiger partial charge in [0.25, 0.3) is 0 Å². The summed E-state index contributed by atoms with van der Waals surface area (Å²) in [6, 6.07) is 3.74. The fraction of sp³-hybridized carbons (Fsp3) is 0.346. The molecular formula is C26H26ClNO10. The van der Waals surface area contributed by atoms with Gasteiger partial charge < -0.3 is 40.4 Å². The number of ketones is 2. The lowest BCUT2D eigenvalue weighted by atomic mass is 9.77. The highest BCUT2D eigenvalue weighted by Crippen LogP contribution is 2.51. The zero-order chi connectivity index (χ0) is 26.8. The second kappa shape index (κ2) is 10.0. The number of aliphatic carboxylic acids is 1. The van der Waals surface area contributed by atoms with E-state index in [1.165, 1.54) is 25.3 Å². The van der Waals surface area contributed by atoms with Crippen LogP contribution in [0.1, 0.15) is 68.8 Å². The lowest BCUT2D eigenvalue weighted by molar-refractivity contribution is -0.240. The molecule has 3 aliphatic rings. The summed E-state index contributed by atoms with van der Waals surface area (Å²) >= 11 is 0. The first-order chi connectivity index (χ1) is 17.5. The van der Waals surface area contributed by atoms with Crippen LogP contribution in [0.25, 0.3) is 6.08 Å². The SMILES string of the molecule is COc1cccc2c1C(=O)c1c(O)c3c(c(O)c1C2=O)C=C(C(=O)O)C[C@@H]3O[C@H]1CC(N)[C@@H](O)C(C)O1.Cl. The summed E-state index contributed by atoms with van der Waals surface area (Å²) in [5.41, 5.74) is 4.69. The van der Waals surface area contributed by atoms with E-state index in [9.17, 15) is 34.8 Å². The quantitative estimate of drug-likeness (QED) is 0.301. The number of aliphatic hydroxyl groups is 1. The molecule has 5 rings (SSSR count). The van der Waals surface area contributed by atoms with Crippen molar-refractivity contribution < 1.29 is 49.0 Å². The molecule has 2 aromatic carbocycles. The summed E-state index contributed by atoms with van der Waals surface area (Å²) in [6.07, 6.45) is -2.79. The largest absolute Gasteiger partial charge is 0.507 e. The molecule has 1 heterocycles. The van der Waals surface area contributed by atoms with Gasteiger partial charge in [-0.3, -0.25) is 9.59 Å². The van der Waals surface area contributed by atoms with E-state index >= 15 is 0 Å². The Morgan fingerprint density at radius 2 is 1.79 bits per heavy atom. The maximum absolute atomic E-state index is 13.6. The third-order valence-electron chi connectivity index (χ3n) is 7.08. The molecule has 1 fully saturated rings. The number of hydrogen-bond acceptors (Lipinski definition) is 10. The topological polar surface area (TPSA) is 186 Å². The lowest BCUT2D eigenvalue weighted by Gasteiger charge is -2.38. The lowest BCUT2D eigenvalue weighted by Crippen LogP contribution is -2.51. The number of aliphatic hydroxyl groups excluding tert-OH is 1. The fourth-order valence-corrected chi connectivity index (χ4v) is 5.22. The van der Waals surface area contributed by atoms with E-state index in [1.54, 1.807) is 6.92 Å². The van der Waals surface area contributed by atoms with Gasteiger partial charge in [0.2, 0.25) is 5.78 Å². The number of hydrogen-bond donors (Lipinski definition) is 5.